The fourth-order valence-electron chi connectivity index (χ4n) is 2.98. The number of anilines is 2. The van der Waals surface area contributed by atoms with Crippen molar-refractivity contribution in [3.05, 3.63) is 87.6 Å². The fourth-order valence-corrected chi connectivity index (χ4v) is 2.98. The summed E-state index contributed by atoms with van der Waals surface area (Å²) in [6.45, 7) is 3.90. The minimum Gasteiger partial charge on any atom is -0.410 e. The van der Waals surface area contributed by atoms with Crippen molar-refractivity contribution in [1.82, 2.24) is 10.3 Å². The van der Waals surface area contributed by atoms with Gasteiger partial charge in [0.25, 0.3) is 0 Å². The number of para-hydroxylation sites is 1. The Morgan fingerprint density at radius 3 is 2.47 bits per heavy atom. The Morgan fingerprint density at radius 1 is 1.10 bits per heavy atom. The molecule has 3 rings (SSSR count). The van der Waals surface area contributed by atoms with E-state index in [0.717, 1.165) is 5.56 Å². The van der Waals surface area contributed by atoms with Gasteiger partial charge in [-0.25, -0.2) is 9.78 Å². The minimum atomic E-state index is -0.507. The van der Waals surface area contributed by atoms with E-state index in [1.165, 1.54) is 0 Å². The van der Waals surface area contributed by atoms with Gasteiger partial charge in [0.15, 0.2) is 0 Å². The minimum absolute atomic E-state index is 0.0363. The molecule has 3 aromatic rings. The van der Waals surface area contributed by atoms with Crippen LogP contribution >= 0.6 is 0 Å². The average molecular weight is 406 g/mol. The number of nitrogens with one attached hydrogen (secondary N) is 2. The van der Waals surface area contributed by atoms with Gasteiger partial charge in [0.1, 0.15) is 5.75 Å². The summed E-state index contributed by atoms with van der Waals surface area (Å²) in [5, 5.41) is 17.1. The molecule has 1 amide bonds. The number of hydrogen-bond acceptors (Lipinski definition) is 6. The normalized spacial score (nSPS) is 10.3. The molecule has 0 saturated carbocycles. The smallest absolute Gasteiger partial charge is 0.410 e. The highest BCUT2D eigenvalue weighted by Crippen LogP contribution is 2.29. The van der Waals surface area contributed by atoms with Crippen LogP contribution in [0.3, 0.4) is 0 Å². The second kappa shape index (κ2) is 9.51. The lowest BCUT2D eigenvalue weighted by atomic mass is 10.1. The SMILES string of the molecule is Cc1cc(C)c([N+](=O)[O-])c(Nc2ccc(CCNC(=O)Oc3ccccc3)cc2)n1. The first-order valence-electron chi connectivity index (χ1n) is 9.41. The first-order valence-corrected chi connectivity index (χ1v) is 9.41. The zero-order valence-electron chi connectivity index (χ0n) is 16.7. The summed E-state index contributed by atoms with van der Waals surface area (Å²) in [5.41, 5.74) is 2.91. The van der Waals surface area contributed by atoms with E-state index in [2.05, 4.69) is 15.6 Å². The topological polar surface area (TPSA) is 106 Å². The second-order valence-electron chi connectivity index (χ2n) is 6.74. The molecule has 0 radical (unpaired) electrons. The first kappa shape index (κ1) is 20.8. The van der Waals surface area contributed by atoms with Crippen LogP contribution in [-0.2, 0) is 6.42 Å². The zero-order valence-corrected chi connectivity index (χ0v) is 16.7. The molecule has 0 spiro atoms. The van der Waals surface area contributed by atoms with E-state index in [9.17, 15) is 14.9 Å². The maximum absolute atomic E-state index is 11.8. The summed E-state index contributed by atoms with van der Waals surface area (Å²) >= 11 is 0. The molecule has 0 atom stereocenters. The van der Waals surface area contributed by atoms with Crippen LogP contribution in [0, 0.1) is 24.0 Å². The highest BCUT2D eigenvalue weighted by Gasteiger charge is 2.19. The maximum Gasteiger partial charge on any atom is 0.412 e. The summed E-state index contributed by atoms with van der Waals surface area (Å²) in [4.78, 5) is 27.0. The maximum atomic E-state index is 11.8. The van der Waals surface area contributed by atoms with Crippen molar-refractivity contribution < 1.29 is 14.5 Å². The van der Waals surface area contributed by atoms with E-state index in [4.69, 9.17) is 4.74 Å². The third-order valence-corrected chi connectivity index (χ3v) is 4.35. The zero-order chi connectivity index (χ0) is 21.5. The number of ether oxygens (including phenoxy) is 1. The lowest BCUT2D eigenvalue weighted by Crippen LogP contribution is -2.28. The van der Waals surface area contributed by atoms with Crippen LogP contribution in [0.5, 0.6) is 5.75 Å². The molecule has 0 saturated heterocycles. The predicted octanol–water partition coefficient (Wildman–Crippen LogP) is 4.68. The molecule has 154 valence electrons. The Morgan fingerprint density at radius 2 is 1.80 bits per heavy atom. The monoisotopic (exact) mass is 406 g/mol. The summed E-state index contributed by atoms with van der Waals surface area (Å²) in [5.74, 6) is 0.704. The molecular formula is C22H22N4O4. The summed E-state index contributed by atoms with van der Waals surface area (Å²) in [6.07, 6.45) is 0.110. The van der Waals surface area contributed by atoms with E-state index >= 15 is 0 Å². The van der Waals surface area contributed by atoms with Gasteiger partial charge in [-0.05, 0) is 56.2 Å². The predicted molar refractivity (Wildman–Crippen MR) is 114 cm³/mol. The van der Waals surface area contributed by atoms with E-state index < -0.39 is 11.0 Å². The van der Waals surface area contributed by atoms with E-state index in [0.29, 0.717) is 35.7 Å². The molecular weight excluding hydrogens is 384 g/mol. The van der Waals surface area contributed by atoms with Crippen LogP contribution in [0.25, 0.3) is 0 Å². The molecule has 0 aliphatic heterocycles. The second-order valence-corrected chi connectivity index (χ2v) is 6.74. The molecule has 0 fully saturated rings. The fraction of sp³-hybridized carbons (Fsp3) is 0.182. The number of pyridine rings is 1. The third kappa shape index (κ3) is 5.54. The largest absolute Gasteiger partial charge is 0.412 e. The van der Waals surface area contributed by atoms with Crippen LogP contribution in [-0.4, -0.2) is 22.5 Å². The molecule has 0 unspecified atom stereocenters. The van der Waals surface area contributed by atoms with E-state index in [1.807, 2.05) is 30.3 Å². The number of nitro groups is 1. The molecule has 8 nitrogen and oxygen atoms in total. The Kier molecular flexibility index (Phi) is 6.59. The van der Waals surface area contributed by atoms with Crippen LogP contribution in [0.2, 0.25) is 0 Å². The van der Waals surface area contributed by atoms with Crippen molar-refractivity contribution in [3.63, 3.8) is 0 Å². The van der Waals surface area contributed by atoms with Gasteiger partial charge in [-0.3, -0.25) is 10.1 Å². The molecule has 2 N–H and O–H groups in total. The van der Waals surface area contributed by atoms with Crippen LogP contribution in [0.15, 0.2) is 60.7 Å². The van der Waals surface area contributed by atoms with Crippen molar-refractivity contribution >= 4 is 23.3 Å². The lowest BCUT2D eigenvalue weighted by molar-refractivity contribution is -0.384. The van der Waals surface area contributed by atoms with Gasteiger partial charge in [-0.2, -0.15) is 0 Å². The van der Waals surface area contributed by atoms with Crippen molar-refractivity contribution in [1.29, 1.82) is 0 Å². The molecule has 0 bridgehead atoms. The summed E-state index contributed by atoms with van der Waals surface area (Å²) in [6, 6.07) is 17.9. The number of benzene rings is 2. The molecule has 0 aliphatic carbocycles. The number of aromatic nitrogens is 1. The number of hydrogen-bond donors (Lipinski definition) is 2. The van der Waals surface area contributed by atoms with Gasteiger partial charge < -0.3 is 15.4 Å². The number of amides is 1. The van der Waals surface area contributed by atoms with Gasteiger partial charge in [0.05, 0.1) is 4.92 Å². The molecule has 1 aromatic heterocycles. The van der Waals surface area contributed by atoms with Gasteiger partial charge in [-0.1, -0.05) is 30.3 Å². The highest BCUT2D eigenvalue weighted by atomic mass is 16.6. The van der Waals surface area contributed by atoms with Crippen LogP contribution in [0.1, 0.15) is 16.8 Å². The Balaban J connectivity index is 1.56. The summed E-state index contributed by atoms with van der Waals surface area (Å²) in [7, 11) is 0. The first-order chi connectivity index (χ1) is 14.4. The Bertz CT molecular complexity index is 1040. The van der Waals surface area contributed by atoms with Crippen molar-refractivity contribution in [2.24, 2.45) is 0 Å². The number of carbonyl (C=O) groups excluding carboxylic acids is 1. The third-order valence-electron chi connectivity index (χ3n) is 4.35. The average Bonchev–Trinajstić information content (AvgIpc) is 2.69. The Hall–Kier alpha value is -3.94. The molecule has 30 heavy (non-hydrogen) atoms. The molecule has 1 heterocycles. The number of aryl methyl sites for hydroxylation is 2. The standard InChI is InChI=1S/C22H22N4O4/c1-15-14-16(2)24-21(20(15)26(28)29)25-18-10-8-17(9-11-18)12-13-23-22(27)30-19-6-4-3-5-7-19/h3-11,14H,12-13H2,1-2H3,(H,23,27)(H,24,25). The quantitative estimate of drug-likeness (QED) is 0.436. The molecule has 8 heteroatoms. The number of nitrogens with zero attached hydrogens (tertiary/aromatic N) is 2. The van der Waals surface area contributed by atoms with Crippen molar-refractivity contribution in [2.75, 3.05) is 11.9 Å². The number of rotatable bonds is 7. The Labute approximate surface area is 174 Å². The van der Waals surface area contributed by atoms with Crippen LogP contribution in [0.4, 0.5) is 22.0 Å². The van der Waals surface area contributed by atoms with Crippen molar-refractivity contribution in [2.45, 2.75) is 20.3 Å². The van der Waals surface area contributed by atoms with Crippen molar-refractivity contribution in [3.8, 4) is 5.75 Å². The van der Waals surface area contributed by atoms with E-state index in [-0.39, 0.29) is 11.5 Å². The lowest BCUT2D eigenvalue weighted by Gasteiger charge is -2.10. The highest BCUT2D eigenvalue weighted by molar-refractivity contribution is 5.70. The summed E-state index contributed by atoms with van der Waals surface area (Å²) < 4.78 is 5.17. The van der Waals surface area contributed by atoms with Gasteiger partial charge in [0.2, 0.25) is 5.82 Å². The molecule has 0 aliphatic rings. The molecule has 2 aromatic carbocycles. The van der Waals surface area contributed by atoms with E-state index in [1.54, 1.807) is 44.2 Å². The number of carbonyl (C=O) groups is 1. The van der Waals surface area contributed by atoms with Gasteiger partial charge in [-0.15, -0.1) is 0 Å². The van der Waals surface area contributed by atoms with Gasteiger partial charge >= 0.3 is 11.8 Å². The van der Waals surface area contributed by atoms with Crippen LogP contribution < -0.4 is 15.4 Å². The van der Waals surface area contributed by atoms with Gasteiger partial charge in [0, 0.05) is 23.5 Å².